The number of benzene rings is 2. The van der Waals surface area contributed by atoms with Crippen LogP contribution in [0.4, 0.5) is 0 Å². The third-order valence-corrected chi connectivity index (χ3v) is 3.94. The lowest BCUT2D eigenvalue weighted by Crippen LogP contribution is -1.94. The molecule has 0 aliphatic heterocycles. The van der Waals surface area contributed by atoms with Gasteiger partial charge in [0.15, 0.2) is 0 Å². The Labute approximate surface area is 148 Å². The van der Waals surface area contributed by atoms with Crippen LogP contribution in [0.2, 0.25) is 0 Å². The van der Waals surface area contributed by atoms with E-state index in [1.807, 2.05) is 60.8 Å². The second-order valence-electron chi connectivity index (χ2n) is 5.32. The second-order valence-corrected chi connectivity index (χ2v) is 5.69. The zero-order chi connectivity index (χ0) is 17.2. The van der Waals surface area contributed by atoms with Gasteiger partial charge in [-0.1, -0.05) is 18.2 Å². The molecule has 0 radical (unpaired) electrons. The van der Waals surface area contributed by atoms with Crippen molar-refractivity contribution in [3.63, 3.8) is 0 Å². The summed E-state index contributed by atoms with van der Waals surface area (Å²) in [7, 11) is 1.64. The molecule has 4 rings (SSSR count). The maximum atomic E-state index is 5.50. The number of nitrogens with zero attached hydrogens (tertiary/aromatic N) is 3. The molecule has 2 aromatic heterocycles. The van der Waals surface area contributed by atoms with Crippen molar-refractivity contribution < 1.29 is 9.15 Å². The highest BCUT2D eigenvalue weighted by atomic mass is 32.1. The van der Waals surface area contributed by atoms with Gasteiger partial charge >= 0.3 is 0 Å². The van der Waals surface area contributed by atoms with E-state index in [-0.39, 0.29) is 4.84 Å². The van der Waals surface area contributed by atoms with Crippen molar-refractivity contribution in [2.75, 3.05) is 7.11 Å². The minimum atomic E-state index is 0.225. The van der Waals surface area contributed by atoms with Crippen LogP contribution in [0.25, 0.3) is 28.4 Å². The Hall–Kier alpha value is -3.19. The molecule has 0 saturated carbocycles. The minimum Gasteiger partial charge on any atom is -0.497 e. The van der Waals surface area contributed by atoms with Gasteiger partial charge in [-0.3, -0.25) is 0 Å². The first-order valence-corrected chi connectivity index (χ1v) is 8.01. The monoisotopic (exact) mass is 350 g/mol. The summed E-state index contributed by atoms with van der Waals surface area (Å²) in [6.45, 7) is 0. The largest absolute Gasteiger partial charge is 0.497 e. The number of aromatic amines is 1. The summed E-state index contributed by atoms with van der Waals surface area (Å²) in [6, 6.07) is 17.5. The fourth-order valence-corrected chi connectivity index (χ4v) is 2.68. The molecule has 6 nitrogen and oxygen atoms in total. The number of hydrogen-bond acceptors (Lipinski definition) is 5. The van der Waals surface area contributed by atoms with E-state index in [1.54, 1.807) is 11.8 Å². The molecule has 0 bridgehead atoms. The number of nitrogens with one attached hydrogen (secondary N) is 1. The first-order valence-electron chi connectivity index (χ1n) is 7.60. The minimum absolute atomic E-state index is 0.225. The van der Waals surface area contributed by atoms with Crippen molar-refractivity contribution >= 4 is 12.2 Å². The predicted molar refractivity (Wildman–Crippen MR) is 96.2 cm³/mol. The molecule has 0 atom stereocenters. The van der Waals surface area contributed by atoms with Gasteiger partial charge in [0.2, 0.25) is 5.89 Å². The van der Waals surface area contributed by atoms with E-state index < -0.39 is 0 Å². The van der Waals surface area contributed by atoms with Gasteiger partial charge in [-0.05, 0) is 48.6 Å². The molecule has 0 amide bonds. The van der Waals surface area contributed by atoms with E-state index in [1.165, 1.54) is 0 Å². The average Bonchev–Trinajstić information content (AvgIpc) is 3.29. The SMILES string of the molecule is COc1ccc(-c2nn(-c3ccccc3)cc2-c2n[nH]c(=S)o2)cc1. The molecule has 2 heterocycles. The molecule has 0 aliphatic rings. The van der Waals surface area contributed by atoms with Gasteiger partial charge in [0.05, 0.1) is 18.4 Å². The standard InChI is InChI=1S/C18H14N4O2S/c1-23-14-9-7-12(8-10-14)16-15(17-19-20-18(25)24-17)11-22(21-16)13-5-3-2-4-6-13/h2-11H,1H3,(H,20,25). The molecule has 25 heavy (non-hydrogen) atoms. The van der Waals surface area contributed by atoms with Crippen molar-refractivity contribution in [2.24, 2.45) is 0 Å². The molecule has 0 spiro atoms. The van der Waals surface area contributed by atoms with Crippen molar-refractivity contribution in [3.8, 4) is 34.1 Å². The van der Waals surface area contributed by atoms with E-state index >= 15 is 0 Å². The Balaban J connectivity index is 1.88. The highest BCUT2D eigenvalue weighted by molar-refractivity contribution is 7.71. The first kappa shape index (κ1) is 15.3. The second kappa shape index (κ2) is 6.37. The molecule has 4 aromatic rings. The molecule has 2 aromatic carbocycles. The van der Waals surface area contributed by atoms with E-state index in [9.17, 15) is 0 Å². The lowest BCUT2D eigenvalue weighted by atomic mass is 10.1. The highest BCUT2D eigenvalue weighted by Crippen LogP contribution is 2.31. The smallest absolute Gasteiger partial charge is 0.284 e. The van der Waals surface area contributed by atoms with Crippen LogP contribution < -0.4 is 4.74 Å². The zero-order valence-electron chi connectivity index (χ0n) is 13.3. The summed E-state index contributed by atoms with van der Waals surface area (Å²) in [6.07, 6.45) is 1.88. The molecule has 0 unspecified atom stereocenters. The summed E-state index contributed by atoms with van der Waals surface area (Å²) in [5.74, 6) is 1.18. The Morgan fingerprint density at radius 2 is 1.84 bits per heavy atom. The molecular weight excluding hydrogens is 336 g/mol. The van der Waals surface area contributed by atoms with Gasteiger partial charge < -0.3 is 9.15 Å². The Bertz CT molecular complexity index is 1050. The van der Waals surface area contributed by atoms with E-state index in [4.69, 9.17) is 26.5 Å². The van der Waals surface area contributed by atoms with E-state index in [0.29, 0.717) is 5.89 Å². The molecule has 124 valence electrons. The van der Waals surface area contributed by atoms with Crippen LogP contribution in [0.15, 0.2) is 65.2 Å². The lowest BCUT2D eigenvalue weighted by Gasteiger charge is -2.02. The molecule has 0 aliphatic carbocycles. The molecule has 1 N–H and O–H groups in total. The highest BCUT2D eigenvalue weighted by Gasteiger charge is 2.18. The number of para-hydroxylation sites is 1. The van der Waals surface area contributed by atoms with Crippen molar-refractivity contribution in [1.29, 1.82) is 0 Å². The van der Waals surface area contributed by atoms with Crippen LogP contribution in [0.3, 0.4) is 0 Å². The van der Waals surface area contributed by atoms with Crippen LogP contribution >= 0.6 is 12.2 Å². The van der Waals surface area contributed by atoms with Crippen molar-refractivity contribution in [1.82, 2.24) is 20.0 Å². The number of methoxy groups -OCH3 is 1. The topological polar surface area (TPSA) is 68.9 Å². The van der Waals surface area contributed by atoms with Gasteiger partial charge in [0, 0.05) is 11.8 Å². The summed E-state index contributed by atoms with van der Waals surface area (Å²) < 4.78 is 12.5. The maximum absolute atomic E-state index is 5.50. The third-order valence-electron chi connectivity index (χ3n) is 3.77. The molecule has 0 saturated heterocycles. The van der Waals surface area contributed by atoms with Crippen LogP contribution in [0.5, 0.6) is 5.75 Å². The van der Waals surface area contributed by atoms with Gasteiger partial charge in [-0.2, -0.15) is 5.10 Å². The quantitative estimate of drug-likeness (QED) is 0.557. The maximum Gasteiger partial charge on any atom is 0.284 e. The summed E-state index contributed by atoms with van der Waals surface area (Å²) in [4.78, 5) is 0.225. The number of rotatable bonds is 4. The van der Waals surface area contributed by atoms with Gasteiger partial charge in [-0.25, -0.2) is 9.78 Å². The van der Waals surface area contributed by atoms with Gasteiger partial charge in [0.25, 0.3) is 4.84 Å². The first-order chi connectivity index (χ1) is 12.2. The Morgan fingerprint density at radius 3 is 2.48 bits per heavy atom. The summed E-state index contributed by atoms with van der Waals surface area (Å²) >= 11 is 5.00. The number of ether oxygens (including phenoxy) is 1. The van der Waals surface area contributed by atoms with E-state index in [0.717, 1.165) is 28.3 Å². The fourth-order valence-electron chi connectivity index (χ4n) is 2.55. The lowest BCUT2D eigenvalue weighted by molar-refractivity contribution is 0.415. The fraction of sp³-hybridized carbons (Fsp3) is 0.0556. The average molecular weight is 350 g/mol. The Morgan fingerprint density at radius 1 is 1.08 bits per heavy atom. The number of H-pyrrole nitrogens is 1. The summed E-state index contributed by atoms with van der Waals surface area (Å²) in [5.41, 5.74) is 3.37. The molecule has 7 heteroatoms. The van der Waals surface area contributed by atoms with Gasteiger partial charge in [-0.15, -0.1) is 5.10 Å². The summed E-state index contributed by atoms with van der Waals surface area (Å²) in [5, 5.41) is 11.5. The number of hydrogen-bond donors (Lipinski definition) is 1. The van der Waals surface area contributed by atoms with Crippen molar-refractivity contribution in [3.05, 3.63) is 65.6 Å². The van der Waals surface area contributed by atoms with E-state index in [2.05, 4.69) is 10.2 Å². The number of aromatic nitrogens is 4. The van der Waals surface area contributed by atoms with Crippen LogP contribution in [0, 0.1) is 4.84 Å². The van der Waals surface area contributed by atoms with Crippen LogP contribution in [-0.4, -0.2) is 27.1 Å². The Kier molecular flexibility index (Phi) is 3.91. The van der Waals surface area contributed by atoms with Gasteiger partial charge in [0.1, 0.15) is 11.4 Å². The molecular formula is C18H14N4O2S. The molecule has 0 fully saturated rings. The normalized spacial score (nSPS) is 10.8. The zero-order valence-corrected chi connectivity index (χ0v) is 14.2. The van der Waals surface area contributed by atoms with Crippen LogP contribution in [-0.2, 0) is 0 Å². The predicted octanol–water partition coefficient (Wildman–Crippen LogP) is 4.26. The van der Waals surface area contributed by atoms with Crippen LogP contribution in [0.1, 0.15) is 0 Å². The third kappa shape index (κ3) is 2.97. The van der Waals surface area contributed by atoms with Crippen molar-refractivity contribution in [2.45, 2.75) is 0 Å².